The second-order valence-electron chi connectivity index (χ2n) is 5.62. The smallest absolute Gasteiger partial charge is 0.268 e. The van der Waals surface area contributed by atoms with Gasteiger partial charge in [-0.2, -0.15) is 0 Å². The SMILES string of the molecule is C/C(=C\C=C/CF)Cn1ccc(OCC2=CC=CCC=C2)c(Br)c1=O. The molecule has 0 aliphatic heterocycles. The molecule has 25 heavy (non-hydrogen) atoms. The fourth-order valence-corrected chi connectivity index (χ4v) is 2.73. The van der Waals surface area contributed by atoms with Gasteiger partial charge in [0.1, 0.15) is 23.5 Å². The van der Waals surface area contributed by atoms with Crippen molar-refractivity contribution in [1.82, 2.24) is 4.57 Å². The van der Waals surface area contributed by atoms with Crippen LogP contribution in [0.15, 0.2) is 81.3 Å². The molecule has 5 heteroatoms. The van der Waals surface area contributed by atoms with Gasteiger partial charge in [-0.3, -0.25) is 4.79 Å². The highest BCUT2D eigenvalue weighted by molar-refractivity contribution is 9.10. The molecule has 0 bridgehead atoms. The zero-order chi connectivity index (χ0) is 18.1. The van der Waals surface area contributed by atoms with E-state index in [2.05, 4.69) is 28.1 Å². The third-order valence-electron chi connectivity index (χ3n) is 3.54. The number of hydrogen-bond acceptors (Lipinski definition) is 2. The number of halogens is 2. The lowest BCUT2D eigenvalue weighted by molar-refractivity contribution is 0.351. The maximum Gasteiger partial charge on any atom is 0.268 e. The average molecular weight is 406 g/mol. The van der Waals surface area contributed by atoms with Gasteiger partial charge < -0.3 is 9.30 Å². The summed E-state index contributed by atoms with van der Waals surface area (Å²) in [6.45, 7) is 2.23. The van der Waals surface area contributed by atoms with Crippen molar-refractivity contribution < 1.29 is 9.13 Å². The van der Waals surface area contributed by atoms with Crippen LogP contribution in [0.2, 0.25) is 0 Å². The van der Waals surface area contributed by atoms with Gasteiger partial charge in [0.2, 0.25) is 0 Å². The van der Waals surface area contributed by atoms with Crippen LogP contribution in [0.1, 0.15) is 13.3 Å². The van der Waals surface area contributed by atoms with Crippen LogP contribution in [0.3, 0.4) is 0 Å². The first-order chi connectivity index (χ1) is 12.1. The van der Waals surface area contributed by atoms with E-state index in [0.29, 0.717) is 23.4 Å². The minimum Gasteiger partial charge on any atom is -0.487 e. The highest BCUT2D eigenvalue weighted by Gasteiger charge is 2.09. The third-order valence-corrected chi connectivity index (χ3v) is 4.27. The first-order valence-electron chi connectivity index (χ1n) is 8.04. The number of hydrogen-bond donors (Lipinski definition) is 0. The molecule has 0 N–H and O–H groups in total. The monoisotopic (exact) mass is 405 g/mol. The van der Waals surface area contributed by atoms with E-state index in [0.717, 1.165) is 17.6 Å². The van der Waals surface area contributed by atoms with Crippen LogP contribution in [0.5, 0.6) is 5.75 Å². The molecule has 0 atom stereocenters. The van der Waals surface area contributed by atoms with Crippen molar-refractivity contribution in [2.24, 2.45) is 0 Å². The topological polar surface area (TPSA) is 31.2 Å². The van der Waals surface area contributed by atoms with Gasteiger partial charge in [0.25, 0.3) is 5.56 Å². The van der Waals surface area contributed by atoms with Crippen molar-refractivity contribution in [3.63, 3.8) is 0 Å². The molecule has 0 saturated heterocycles. The average Bonchev–Trinajstić information content (AvgIpc) is 2.87. The molecule has 0 aromatic carbocycles. The summed E-state index contributed by atoms with van der Waals surface area (Å²) in [5.41, 5.74) is 1.83. The minimum atomic E-state index is -0.497. The second kappa shape index (κ2) is 9.99. The molecule has 1 aliphatic rings. The molecule has 132 valence electrons. The van der Waals surface area contributed by atoms with E-state index in [4.69, 9.17) is 4.74 Å². The van der Waals surface area contributed by atoms with Crippen LogP contribution in [0.25, 0.3) is 0 Å². The van der Waals surface area contributed by atoms with Gasteiger partial charge in [-0.15, -0.1) is 0 Å². The van der Waals surface area contributed by atoms with Gasteiger partial charge in [-0.25, -0.2) is 4.39 Å². The number of alkyl halides is 1. The predicted octanol–water partition coefficient (Wildman–Crippen LogP) is 4.90. The maximum atomic E-state index is 12.5. The van der Waals surface area contributed by atoms with E-state index in [1.54, 1.807) is 29.0 Å². The molecule has 0 radical (unpaired) electrons. The summed E-state index contributed by atoms with van der Waals surface area (Å²) in [4.78, 5) is 12.5. The van der Waals surface area contributed by atoms with Crippen LogP contribution >= 0.6 is 15.9 Å². The van der Waals surface area contributed by atoms with E-state index in [-0.39, 0.29) is 5.56 Å². The summed E-state index contributed by atoms with van der Waals surface area (Å²) in [6.07, 6.45) is 17.6. The van der Waals surface area contributed by atoms with E-state index in [9.17, 15) is 9.18 Å². The number of pyridine rings is 1. The van der Waals surface area contributed by atoms with Gasteiger partial charge in [0.15, 0.2) is 0 Å². The molecule has 1 aromatic heterocycles. The maximum absolute atomic E-state index is 12.5. The minimum absolute atomic E-state index is 0.162. The van der Waals surface area contributed by atoms with E-state index < -0.39 is 6.67 Å². The zero-order valence-electron chi connectivity index (χ0n) is 14.1. The Balaban J connectivity index is 2.08. The van der Waals surface area contributed by atoms with Gasteiger partial charge in [-0.1, -0.05) is 54.2 Å². The predicted molar refractivity (Wildman–Crippen MR) is 104 cm³/mol. The first-order valence-corrected chi connectivity index (χ1v) is 8.83. The van der Waals surface area contributed by atoms with Crippen molar-refractivity contribution in [1.29, 1.82) is 0 Å². The Morgan fingerprint density at radius 1 is 1.44 bits per heavy atom. The lowest BCUT2D eigenvalue weighted by Gasteiger charge is -2.11. The second-order valence-corrected chi connectivity index (χ2v) is 6.41. The molecule has 0 saturated carbocycles. The number of rotatable bonds is 7. The highest BCUT2D eigenvalue weighted by atomic mass is 79.9. The summed E-state index contributed by atoms with van der Waals surface area (Å²) in [5.74, 6) is 0.516. The van der Waals surface area contributed by atoms with Crippen molar-refractivity contribution in [2.75, 3.05) is 13.3 Å². The first kappa shape index (κ1) is 19.2. The molecule has 2 rings (SSSR count). The summed E-state index contributed by atoms with van der Waals surface area (Å²) in [5, 5.41) is 0. The molecular weight excluding hydrogens is 385 g/mol. The quantitative estimate of drug-likeness (QED) is 0.603. The lowest BCUT2D eigenvalue weighted by Crippen LogP contribution is -2.21. The Morgan fingerprint density at radius 2 is 2.28 bits per heavy atom. The molecule has 0 unspecified atom stereocenters. The fourth-order valence-electron chi connectivity index (χ4n) is 2.25. The molecular formula is C20H21BrFNO2. The van der Waals surface area contributed by atoms with Crippen molar-refractivity contribution in [3.8, 4) is 5.75 Å². The number of ether oxygens (including phenoxy) is 1. The van der Waals surface area contributed by atoms with Gasteiger partial charge >= 0.3 is 0 Å². The molecule has 0 spiro atoms. The van der Waals surface area contributed by atoms with E-state index >= 15 is 0 Å². The summed E-state index contributed by atoms with van der Waals surface area (Å²) >= 11 is 3.33. The van der Waals surface area contributed by atoms with E-state index in [1.807, 2.05) is 25.2 Å². The van der Waals surface area contributed by atoms with Gasteiger partial charge in [0, 0.05) is 12.7 Å². The Bertz CT molecular complexity index is 800. The standard InChI is InChI=1S/C20H21BrFNO2/c1-16(8-6-7-12-22)14-23-13-11-18(19(21)20(23)24)25-15-17-9-4-2-3-5-10-17/h2,4-11,13H,3,12,14-15H2,1H3/b7-6-,16-8+. The van der Waals surface area contributed by atoms with Crippen molar-refractivity contribution in [2.45, 2.75) is 19.9 Å². The van der Waals surface area contributed by atoms with Crippen LogP contribution < -0.4 is 10.3 Å². The van der Waals surface area contributed by atoms with Gasteiger partial charge in [0.05, 0.1) is 0 Å². The summed E-state index contributed by atoms with van der Waals surface area (Å²) < 4.78 is 19.8. The Morgan fingerprint density at radius 3 is 3.08 bits per heavy atom. The van der Waals surface area contributed by atoms with Crippen molar-refractivity contribution >= 4 is 15.9 Å². The van der Waals surface area contributed by atoms with Crippen molar-refractivity contribution in [3.05, 3.63) is 86.8 Å². The largest absolute Gasteiger partial charge is 0.487 e. The Kier molecular flexibility index (Phi) is 7.67. The molecule has 1 aliphatic carbocycles. The summed E-state index contributed by atoms with van der Waals surface area (Å²) in [7, 11) is 0. The normalized spacial score (nSPS) is 14.7. The van der Waals surface area contributed by atoms with Gasteiger partial charge in [-0.05, 0) is 40.9 Å². The number of aromatic nitrogens is 1. The number of nitrogens with zero attached hydrogens (tertiary/aromatic N) is 1. The van der Waals surface area contributed by atoms with Crippen LogP contribution in [-0.2, 0) is 6.54 Å². The van der Waals surface area contributed by atoms with Crippen LogP contribution in [0.4, 0.5) is 4.39 Å². The lowest BCUT2D eigenvalue weighted by atomic mass is 10.2. The van der Waals surface area contributed by atoms with Crippen LogP contribution in [-0.4, -0.2) is 17.8 Å². The van der Waals surface area contributed by atoms with Crippen LogP contribution in [0, 0.1) is 0 Å². The molecule has 1 heterocycles. The summed E-state index contributed by atoms with van der Waals surface area (Å²) in [6, 6.07) is 1.77. The highest BCUT2D eigenvalue weighted by Crippen LogP contribution is 2.21. The zero-order valence-corrected chi connectivity index (χ0v) is 15.7. The Hall–Kier alpha value is -2.14. The van der Waals surface area contributed by atoms with E-state index in [1.165, 1.54) is 6.08 Å². The molecule has 3 nitrogen and oxygen atoms in total. The Labute approximate surface area is 155 Å². The molecule has 1 aromatic rings. The third kappa shape index (κ3) is 6.02. The number of allylic oxidation sites excluding steroid dienone is 8. The fraction of sp³-hybridized carbons (Fsp3) is 0.250. The molecule has 0 amide bonds. The molecule has 0 fully saturated rings.